The summed E-state index contributed by atoms with van der Waals surface area (Å²) in [6, 6.07) is 23.9. The van der Waals surface area contributed by atoms with E-state index in [4.69, 9.17) is 10.00 Å². The summed E-state index contributed by atoms with van der Waals surface area (Å²) in [4.78, 5) is 35.9. The lowest BCUT2D eigenvalue weighted by atomic mass is 10.1. The maximum Gasteiger partial charge on any atom is 0.338 e. The van der Waals surface area contributed by atoms with E-state index in [1.807, 2.05) is 18.2 Å². The minimum Gasteiger partial charge on any atom is -0.457 e. The Morgan fingerprint density at radius 2 is 1.39 bits per heavy atom. The molecule has 0 aliphatic heterocycles. The summed E-state index contributed by atoms with van der Waals surface area (Å²) >= 11 is 0. The van der Waals surface area contributed by atoms with Crippen LogP contribution in [-0.4, -0.2) is 17.8 Å². The number of nitrogens with one attached hydrogen (secondary N) is 2. The summed E-state index contributed by atoms with van der Waals surface area (Å²) in [6.45, 7) is 0.0556. The number of anilines is 2. The number of carbonyl (C=O) groups is 3. The maximum absolute atomic E-state index is 12.3. The smallest absolute Gasteiger partial charge is 0.338 e. The van der Waals surface area contributed by atoms with Gasteiger partial charge < -0.3 is 15.4 Å². The molecule has 3 aromatic rings. The molecule has 31 heavy (non-hydrogen) atoms. The average Bonchev–Trinajstić information content (AvgIpc) is 2.79. The molecule has 0 spiro atoms. The molecule has 2 amide bonds. The van der Waals surface area contributed by atoms with Gasteiger partial charge in [0.2, 0.25) is 5.91 Å². The molecule has 3 rings (SSSR count). The predicted octanol–water partition coefficient (Wildman–Crippen LogP) is 4.15. The molecular weight excluding hydrogens is 394 g/mol. The minimum absolute atomic E-state index is 0.0556. The fourth-order valence-corrected chi connectivity index (χ4v) is 2.68. The molecule has 0 heterocycles. The Bertz CT molecular complexity index is 1100. The van der Waals surface area contributed by atoms with Crippen LogP contribution in [0.4, 0.5) is 11.4 Å². The van der Waals surface area contributed by atoms with Crippen molar-refractivity contribution in [1.29, 1.82) is 5.26 Å². The van der Waals surface area contributed by atoms with Gasteiger partial charge in [-0.3, -0.25) is 9.59 Å². The highest BCUT2D eigenvalue weighted by Gasteiger charge is 2.10. The first kappa shape index (κ1) is 21.3. The quantitative estimate of drug-likeness (QED) is 0.566. The van der Waals surface area contributed by atoms with E-state index in [0.717, 1.165) is 5.56 Å². The van der Waals surface area contributed by atoms with Crippen LogP contribution >= 0.6 is 0 Å². The number of benzene rings is 3. The monoisotopic (exact) mass is 413 g/mol. The van der Waals surface area contributed by atoms with E-state index >= 15 is 0 Å². The molecule has 3 aromatic carbocycles. The molecule has 2 N–H and O–H groups in total. The highest BCUT2D eigenvalue weighted by Crippen LogP contribution is 2.13. The van der Waals surface area contributed by atoms with Gasteiger partial charge in [0.25, 0.3) is 5.91 Å². The van der Waals surface area contributed by atoms with Crippen molar-refractivity contribution in [3.63, 3.8) is 0 Å². The number of rotatable bonds is 7. The van der Waals surface area contributed by atoms with Crippen molar-refractivity contribution in [1.82, 2.24) is 0 Å². The van der Waals surface area contributed by atoms with Crippen LogP contribution in [-0.2, 0) is 16.1 Å². The third-order valence-corrected chi connectivity index (χ3v) is 4.26. The van der Waals surface area contributed by atoms with Crippen LogP contribution in [0.15, 0.2) is 78.9 Å². The number of carbonyl (C=O) groups excluding carboxylic acids is 3. The van der Waals surface area contributed by atoms with Gasteiger partial charge in [-0.05, 0) is 54.1 Å². The summed E-state index contributed by atoms with van der Waals surface area (Å²) in [6.07, 6.45) is -0.240. The molecule has 0 saturated carbocycles. The molecule has 0 radical (unpaired) electrons. The van der Waals surface area contributed by atoms with Gasteiger partial charge in [-0.2, -0.15) is 5.26 Å². The van der Waals surface area contributed by atoms with E-state index in [-0.39, 0.29) is 18.9 Å². The molecule has 0 aliphatic carbocycles. The summed E-state index contributed by atoms with van der Waals surface area (Å²) < 4.78 is 5.30. The molecule has 0 fully saturated rings. The zero-order valence-electron chi connectivity index (χ0n) is 16.5. The van der Waals surface area contributed by atoms with Gasteiger partial charge in [-0.25, -0.2) is 4.79 Å². The summed E-state index contributed by atoms with van der Waals surface area (Å²) in [5.74, 6) is -1.16. The predicted molar refractivity (Wildman–Crippen MR) is 115 cm³/mol. The number of ether oxygens (including phenoxy) is 1. The van der Waals surface area contributed by atoms with Crippen LogP contribution in [0.25, 0.3) is 0 Å². The molecule has 0 atom stereocenters. The second-order valence-electron chi connectivity index (χ2n) is 6.55. The van der Waals surface area contributed by atoms with Crippen molar-refractivity contribution in [3.05, 3.63) is 95.6 Å². The van der Waals surface area contributed by atoms with E-state index in [1.165, 1.54) is 12.1 Å². The maximum atomic E-state index is 12.3. The Morgan fingerprint density at radius 1 is 0.774 bits per heavy atom. The van der Waals surface area contributed by atoms with Gasteiger partial charge in [-0.15, -0.1) is 0 Å². The molecule has 0 aliphatic rings. The van der Waals surface area contributed by atoms with Gasteiger partial charge in [-0.1, -0.05) is 30.3 Å². The molecular formula is C24H19N3O4. The first-order valence-corrected chi connectivity index (χ1v) is 9.44. The number of amides is 2. The van der Waals surface area contributed by atoms with E-state index in [1.54, 1.807) is 54.6 Å². The molecule has 0 bridgehead atoms. The van der Waals surface area contributed by atoms with Crippen LogP contribution in [0.5, 0.6) is 0 Å². The molecule has 154 valence electrons. The van der Waals surface area contributed by atoms with Gasteiger partial charge in [0.05, 0.1) is 11.6 Å². The largest absolute Gasteiger partial charge is 0.457 e. The number of nitriles is 1. The molecule has 0 unspecified atom stereocenters. The van der Waals surface area contributed by atoms with E-state index < -0.39 is 11.9 Å². The minimum atomic E-state index is -0.513. The normalized spacial score (nSPS) is 9.90. The third-order valence-electron chi connectivity index (χ3n) is 4.26. The molecule has 7 heteroatoms. The Kier molecular flexibility index (Phi) is 7.12. The fourth-order valence-electron chi connectivity index (χ4n) is 2.68. The second kappa shape index (κ2) is 10.4. The van der Waals surface area contributed by atoms with Crippen molar-refractivity contribution in [2.75, 3.05) is 10.6 Å². The van der Waals surface area contributed by atoms with E-state index in [9.17, 15) is 14.4 Å². The van der Waals surface area contributed by atoms with Crippen molar-refractivity contribution in [2.45, 2.75) is 13.0 Å². The number of esters is 1. The standard InChI is InChI=1S/C24H19N3O4/c25-15-14-22(28)26-21-12-10-19(11-13-21)24(30)31-16-17-6-8-18(9-7-17)23(29)27-20-4-2-1-3-5-20/h1-13H,14,16H2,(H,26,28)(H,27,29). The third kappa shape index (κ3) is 6.27. The Labute approximate surface area is 179 Å². The zero-order chi connectivity index (χ0) is 22.1. The van der Waals surface area contributed by atoms with Gasteiger partial charge >= 0.3 is 5.97 Å². The van der Waals surface area contributed by atoms with E-state index in [2.05, 4.69) is 10.6 Å². The first-order chi connectivity index (χ1) is 15.0. The van der Waals surface area contributed by atoms with Crippen molar-refractivity contribution in [2.24, 2.45) is 0 Å². The van der Waals surface area contributed by atoms with Crippen LogP contribution in [0.2, 0.25) is 0 Å². The average molecular weight is 413 g/mol. The van der Waals surface area contributed by atoms with Gasteiger partial charge in [0, 0.05) is 16.9 Å². The first-order valence-electron chi connectivity index (χ1n) is 9.44. The number of hydrogen-bond donors (Lipinski definition) is 2. The van der Waals surface area contributed by atoms with Crippen LogP contribution < -0.4 is 10.6 Å². The fraction of sp³-hybridized carbons (Fsp3) is 0.0833. The lowest BCUT2D eigenvalue weighted by molar-refractivity contribution is -0.115. The van der Waals surface area contributed by atoms with Crippen LogP contribution in [0.1, 0.15) is 32.7 Å². The molecule has 0 saturated heterocycles. The van der Waals surface area contributed by atoms with Crippen molar-refractivity contribution < 1.29 is 19.1 Å². The topological polar surface area (TPSA) is 108 Å². The van der Waals surface area contributed by atoms with Gasteiger partial charge in [0.15, 0.2) is 0 Å². The number of nitrogens with zero attached hydrogens (tertiary/aromatic N) is 1. The summed E-state index contributed by atoms with van der Waals surface area (Å²) in [7, 11) is 0. The molecule has 7 nitrogen and oxygen atoms in total. The Morgan fingerprint density at radius 3 is 2.03 bits per heavy atom. The summed E-state index contributed by atoms with van der Waals surface area (Å²) in [5.41, 5.74) is 2.76. The Hall–Kier alpha value is -4.44. The van der Waals surface area contributed by atoms with Gasteiger partial charge in [0.1, 0.15) is 13.0 Å². The molecule has 0 aromatic heterocycles. The summed E-state index contributed by atoms with van der Waals surface area (Å²) in [5, 5.41) is 13.9. The SMILES string of the molecule is N#CCC(=O)Nc1ccc(C(=O)OCc2ccc(C(=O)Nc3ccccc3)cc2)cc1. The van der Waals surface area contributed by atoms with Crippen molar-refractivity contribution >= 4 is 29.2 Å². The zero-order valence-corrected chi connectivity index (χ0v) is 16.5. The second-order valence-corrected chi connectivity index (χ2v) is 6.55. The van der Waals surface area contributed by atoms with Crippen molar-refractivity contribution in [3.8, 4) is 6.07 Å². The highest BCUT2D eigenvalue weighted by molar-refractivity contribution is 6.04. The number of para-hydroxylation sites is 1. The van der Waals surface area contributed by atoms with Crippen LogP contribution in [0.3, 0.4) is 0 Å². The van der Waals surface area contributed by atoms with Crippen LogP contribution in [0, 0.1) is 11.3 Å². The lowest BCUT2D eigenvalue weighted by Crippen LogP contribution is -2.12. The number of hydrogen-bond acceptors (Lipinski definition) is 5. The Balaban J connectivity index is 1.51. The highest BCUT2D eigenvalue weighted by atomic mass is 16.5. The van der Waals surface area contributed by atoms with E-state index in [0.29, 0.717) is 22.5 Å². The lowest BCUT2D eigenvalue weighted by Gasteiger charge is -2.08.